The number of aromatic nitrogens is 2. The van der Waals surface area contributed by atoms with E-state index in [1.165, 1.54) is 5.56 Å². The van der Waals surface area contributed by atoms with Gasteiger partial charge in [0.1, 0.15) is 11.8 Å². The van der Waals surface area contributed by atoms with Gasteiger partial charge in [-0.3, -0.25) is 9.78 Å². The Labute approximate surface area is 234 Å². The van der Waals surface area contributed by atoms with Crippen molar-refractivity contribution < 1.29 is 9.53 Å². The zero-order valence-electron chi connectivity index (χ0n) is 22.8. The summed E-state index contributed by atoms with van der Waals surface area (Å²) >= 11 is 5.93. The van der Waals surface area contributed by atoms with Crippen molar-refractivity contribution in [2.24, 2.45) is 5.41 Å². The summed E-state index contributed by atoms with van der Waals surface area (Å²) in [6.07, 6.45) is 3.88. The molecule has 1 aliphatic heterocycles. The van der Waals surface area contributed by atoms with E-state index in [9.17, 15) is 4.79 Å². The van der Waals surface area contributed by atoms with Gasteiger partial charge in [-0.2, -0.15) is 0 Å². The van der Waals surface area contributed by atoms with E-state index in [0.717, 1.165) is 22.8 Å². The summed E-state index contributed by atoms with van der Waals surface area (Å²) in [4.78, 5) is 19.5. The van der Waals surface area contributed by atoms with E-state index in [0.29, 0.717) is 16.5 Å². The Morgan fingerprint density at radius 3 is 2.51 bits per heavy atom. The molecule has 8 heteroatoms. The number of pyridine rings is 1. The first-order chi connectivity index (χ1) is 18.7. The fraction of sp³-hybridized carbons (Fsp3) is 0.258. The Morgan fingerprint density at radius 2 is 1.82 bits per heavy atom. The van der Waals surface area contributed by atoms with Crippen LogP contribution in [-0.4, -0.2) is 27.7 Å². The highest BCUT2D eigenvalue weighted by atomic mass is 32.1. The molecule has 1 amide bonds. The van der Waals surface area contributed by atoms with E-state index >= 15 is 0 Å². The number of hydrogen-bond acceptors (Lipinski definition) is 4. The Bertz CT molecular complexity index is 1510. The third-order valence-electron chi connectivity index (χ3n) is 6.95. The van der Waals surface area contributed by atoms with Gasteiger partial charge in [-0.25, -0.2) is 0 Å². The lowest BCUT2D eigenvalue weighted by atomic mass is 9.95. The number of para-hydroxylation sites is 1. The van der Waals surface area contributed by atoms with Crippen LogP contribution >= 0.6 is 12.2 Å². The summed E-state index contributed by atoms with van der Waals surface area (Å²) in [7, 11) is 1.60. The minimum atomic E-state index is -0.536. The van der Waals surface area contributed by atoms with Gasteiger partial charge in [0.15, 0.2) is 5.11 Å². The van der Waals surface area contributed by atoms with E-state index < -0.39 is 5.41 Å². The van der Waals surface area contributed by atoms with Crippen LogP contribution in [0, 0.1) is 12.3 Å². The van der Waals surface area contributed by atoms with Crippen molar-refractivity contribution in [2.45, 2.75) is 39.8 Å². The molecule has 0 spiro atoms. The zero-order valence-corrected chi connectivity index (χ0v) is 23.6. The van der Waals surface area contributed by atoms with E-state index in [2.05, 4.69) is 62.5 Å². The zero-order chi connectivity index (χ0) is 27.7. The Hall–Kier alpha value is -4.17. The smallest absolute Gasteiger partial charge is 0.229 e. The number of thiocarbonyl (C=S) groups is 1. The third-order valence-corrected chi connectivity index (χ3v) is 7.26. The number of rotatable bonds is 6. The second kappa shape index (κ2) is 10.5. The molecule has 0 radical (unpaired) electrons. The highest BCUT2D eigenvalue weighted by Gasteiger charge is 2.42. The lowest BCUT2D eigenvalue weighted by Gasteiger charge is -2.30. The standard InChI is InChI=1S/C31H33N5O2S/c1-20-11-6-7-13-24(20)35-18-10-14-25(35)28-27(23-12-8-9-17-32-23)34-30(39)36(28)21-15-16-22(26(19-21)38-5)33-29(37)31(2,3)4/h6-19,27-28H,1-5H3,(H,33,37)(H,34,39)/t27-,28-/m0/s1. The Balaban J connectivity index is 1.62. The van der Waals surface area contributed by atoms with Crippen LogP contribution in [0.1, 0.15) is 49.8 Å². The minimum absolute atomic E-state index is 0.0870. The van der Waals surface area contributed by atoms with Crippen LogP contribution in [0.3, 0.4) is 0 Å². The number of amides is 1. The van der Waals surface area contributed by atoms with Crippen molar-refractivity contribution in [3.05, 3.63) is 102 Å². The van der Waals surface area contributed by atoms with Crippen molar-refractivity contribution in [1.29, 1.82) is 0 Å². The topological polar surface area (TPSA) is 71.4 Å². The van der Waals surface area contributed by atoms with E-state index in [1.807, 2.05) is 69.3 Å². The van der Waals surface area contributed by atoms with Crippen molar-refractivity contribution in [2.75, 3.05) is 17.3 Å². The molecule has 0 aliphatic carbocycles. The molecule has 2 aromatic carbocycles. The van der Waals surface area contributed by atoms with Crippen LogP contribution in [0.15, 0.2) is 85.2 Å². The van der Waals surface area contributed by atoms with Gasteiger partial charge in [0, 0.05) is 40.9 Å². The number of ether oxygens (including phenoxy) is 1. The van der Waals surface area contributed by atoms with E-state index in [1.54, 1.807) is 13.3 Å². The van der Waals surface area contributed by atoms with Gasteiger partial charge in [-0.15, -0.1) is 0 Å². The van der Waals surface area contributed by atoms with E-state index in [4.69, 9.17) is 17.0 Å². The first-order valence-electron chi connectivity index (χ1n) is 12.9. The lowest BCUT2D eigenvalue weighted by Crippen LogP contribution is -2.30. The number of nitrogens with one attached hydrogen (secondary N) is 2. The number of nitrogens with zero attached hydrogens (tertiary/aromatic N) is 3. The number of benzene rings is 2. The fourth-order valence-corrected chi connectivity index (χ4v) is 5.21. The molecule has 0 bridgehead atoms. The molecule has 200 valence electrons. The quantitative estimate of drug-likeness (QED) is 0.278. The van der Waals surface area contributed by atoms with Gasteiger partial charge in [-0.1, -0.05) is 45.0 Å². The van der Waals surface area contributed by atoms with E-state index in [-0.39, 0.29) is 18.0 Å². The SMILES string of the molecule is COc1cc(N2C(=S)N[C@@H](c3ccccn3)[C@@H]2c2cccn2-c2ccccc2C)ccc1NC(=O)C(C)(C)C. The molecule has 7 nitrogen and oxygen atoms in total. The predicted octanol–water partition coefficient (Wildman–Crippen LogP) is 6.35. The Morgan fingerprint density at radius 1 is 1.05 bits per heavy atom. The van der Waals surface area contributed by atoms with Crippen LogP contribution in [0.5, 0.6) is 5.75 Å². The second-order valence-electron chi connectivity index (χ2n) is 10.7. The molecule has 4 aromatic rings. The molecular weight excluding hydrogens is 506 g/mol. The first kappa shape index (κ1) is 26.4. The van der Waals surface area contributed by atoms with Crippen molar-refractivity contribution in [3.63, 3.8) is 0 Å². The molecule has 2 aromatic heterocycles. The monoisotopic (exact) mass is 539 g/mol. The number of carbonyl (C=O) groups excluding carboxylic acids is 1. The molecule has 1 saturated heterocycles. The highest BCUT2D eigenvalue weighted by molar-refractivity contribution is 7.80. The van der Waals surface area contributed by atoms with Crippen LogP contribution in [-0.2, 0) is 4.79 Å². The summed E-state index contributed by atoms with van der Waals surface area (Å²) in [6.45, 7) is 7.75. The van der Waals surface area contributed by atoms with Gasteiger partial charge in [0.25, 0.3) is 0 Å². The van der Waals surface area contributed by atoms with Gasteiger partial charge in [-0.05, 0) is 67.2 Å². The van der Waals surface area contributed by atoms with Crippen molar-refractivity contribution in [1.82, 2.24) is 14.9 Å². The summed E-state index contributed by atoms with van der Waals surface area (Å²) in [5.41, 5.74) is 5.16. The van der Waals surface area contributed by atoms with Crippen molar-refractivity contribution >= 4 is 34.6 Å². The average molecular weight is 540 g/mol. The normalized spacial score (nSPS) is 17.2. The Kier molecular flexibility index (Phi) is 7.14. The summed E-state index contributed by atoms with van der Waals surface area (Å²) < 4.78 is 7.93. The van der Waals surface area contributed by atoms with Gasteiger partial charge in [0.05, 0.1) is 24.5 Å². The molecule has 2 N–H and O–H groups in total. The molecular formula is C31H33N5O2S. The predicted molar refractivity (Wildman–Crippen MR) is 160 cm³/mol. The van der Waals surface area contributed by atoms with Crippen molar-refractivity contribution in [3.8, 4) is 11.4 Å². The van der Waals surface area contributed by atoms with Gasteiger partial charge in [0.2, 0.25) is 5.91 Å². The number of methoxy groups -OCH3 is 1. The van der Waals surface area contributed by atoms with Crippen LogP contribution in [0.4, 0.5) is 11.4 Å². The largest absolute Gasteiger partial charge is 0.494 e. The molecule has 3 heterocycles. The lowest BCUT2D eigenvalue weighted by molar-refractivity contribution is -0.123. The van der Waals surface area contributed by atoms with Gasteiger partial charge >= 0.3 is 0 Å². The highest BCUT2D eigenvalue weighted by Crippen LogP contribution is 2.44. The molecule has 0 unspecified atom stereocenters. The van der Waals surface area contributed by atoms with Crippen LogP contribution < -0.4 is 20.3 Å². The number of aryl methyl sites for hydroxylation is 1. The molecule has 1 aliphatic rings. The average Bonchev–Trinajstić information content (AvgIpc) is 3.53. The molecule has 39 heavy (non-hydrogen) atoms. The number of carbonyl (C=O) groups is 1. The number of anilines is 2. The molecule has 2 atom stereocenters. The van der Waals surface area contributed by atoms with Crippen LogP contribution in [0.25, 0.3) is 5.69 Å². The summed E-state index contributed by atoms with van der Waals surface area (Å²) in [5.74, 6) is 0.471. The third kappa shape index (κ3) is 5.12. The van der Waals surface area contributed by atoms with Crippen LogP contribution in [0.2, 0.25) is 0 Å². The summed E-state index contributed by atoms with van der Waals surface area (Å²) in [6, 6.07) is 23.8. The fourth-order valence-electron chi connectivity index (χ4n) is 4.86. The summed E-state index contributed by atoms with van der Waals surface area (Å²) in [5, 5.41) is 7.11. The maximum atomic E-state index is 12.7. The second-order valence-corrected chi connectivity index (χ2v) is 11.1. The maximum Gasteiger partial charge on any atom is 0.229 e. The molecule has 1 fully saturated rings. The number of hydrogen-bond donors (Lipinski definition) is 2. The maximum absolute atomic E-state index is 12.7. The first-order valence-corrected chi connectivity index (χ1v) is 13.3. The van der Waals surface area contributed by atoms with Gasteiger partial charge < -0.3 is 24.8 Å². The minimum Gasteiger partial charge on any atom is -0.494 e. The molecule has 0 saturated carbocycles. The molecule has 5 rings (SSSR count).